The first-order chi connectivity index (χ1) is 11.2. The van der Waals surface area contributed by atoms with Gasteiger partial charge in [-0.1, -0.05) is 11.6 Å². The van der Waals surface area contributed by atoms with E-state index in [0.29, 0.717) is 34.8 Å². The Bertz CT molecular complexity index is 779. The highest BCUT2D eigenvalue weighted by Crippen LogP contribution is 2.29. The van der Waals surface area contributed by atoms with Crippen LogP contribution >= 0.6 is 11.6 Å². The molecule has 8 heteroatoms. The van der Waals surface area contributed by atoms with Crippen molar-refractivity contribution in [3.63, 3.8) is 0 Å². The van der Waals surface area contributed by atoms with Crippen LogP contribution in [0.3, 0.4) is 0 Å². The lowest BCUT2D eigenvalue weighted by Gasteiger charge is -2.10. The van der Waals surface area contributed by atoms with Crippen LogP contribution in [0.4, 0.5) is 17.5 Å². The second-order valence-corrected chi connectivity index (χ2v) is 5.00. The molecule has 2 aromatic heterocycles. The minimum atomic E-state index is 0.329. The minimum absolute atomic E-state index is 0.329. The van der Waals surface area contributed by atoms with Crippen molar-refractivity contribution >= 4 is 29.1 Å². The average molecular weight is 332 g/mol. The monoisotopic (exact) mass is 331 g/mol. The number of nitrogens with one attached hydrogen (secondary N) is 2. The summed E-state index contributed by atoms with van der Waals surface area (Å²) in [7, 11) is 1.58. The number of methoxy groups -OCH3 is 1. The van der Waals surface area contributed by atoms with E-state index in [1.807, 2.05) is 12.1 Å². The summed E-state index contributed by atoms with van der Waals surface area (Å²) in [5.41, 5.74) is 0.657. The maximum absolute atomic E-state index is 6.00. The minimum Gasteiger partial charge on any atom is -0.495 e. The first kappa shape index (κ1) is 15.1. The fourth-order valence-corrected chi connectivity index (χ4v) is 2.10. The van der Waals surface area contributed by atoms with Crippen LogP contribution in [-0.2, 0) is 6.54 Å². The molecule has 0 fully saturated rings. The van der Waals surface area contributed by atoms with Crippen molar-refractivity contribution in [1.82, 2.24) is 15.2 Å². The zero-order chi connectivity index (χ0) is 16.1. The van der Waals surface area contributed by atoms with E-state index >= 15 is 0 Å². The zero-order valence-electron chi connectivity index (χ0n) is 12.3. The molecule has 0 atom stereocenters. The van der Waals surface area contributed by atoms with E-state index < -0.39 is 0 Å². The summed E-state index contributed by atoms with van der Waals surface area (Å²) in [5.74, 6) is 2.33. The van der Waals surface area contributed by atoms with Crippen LogP contribution in [0.15, 0.2) is 47.2 Å². The van der Waals surface area contributed by atoms with Gasteiger partial charge in [0.05, 0.1) is 31.8 Å². The molecule has 2 heterocycles. The van der Waals surface area contributed by atoms with Gasteiger partial charge in [-0.05, 0) is 30.3 Å². The molecule has 1 aromatic carbocycles. The number of ether oxygens (including phenoxy) is 1. The van der Waals surface area contributed by atoms with Crippen molar-refractivity contribution in [2.24, 2.45) is 0 Å². The van der Waals surface area contributed by atoms with Gasteiger partial charge in [-0.3, -0.25) is 0 Å². The highest BCUT2D eigenvalue weighted by Gasteiger charge is 2.07. The maximum Gasteiger partial charge on any atom is 0.249 e. The van der Waals surface area contributed by atoms with Crippen LogP contribution in [0.25, 0.3) is 0 Å². The predicted octanol–water partition coefficient (Wildman–Crippen LogP) is 3.48. The third kappa shape index (κ3) is 3.89. The molecule has 0 saturated carbocycles. The molecule has 0 spiro atoms. The molecule has 23 heavy (non-hydrogen) atoms. The first-order valence-corrected chi connectivity index (χ1v) is 7.19. The van der Waals surface area contributed by atoms with E-state index in [1.165, 1.54) is 6.20 Å². The molecule has 0 bridgehead atoms. The molecule has 0 aliphatic heterocycles. The number of benzene rings is 1. The van der Waals surface area contributed by atoms with Crippen molar-refractivity contribution in [2.75, 3.05) is 17.7 Å². The molecular weight excluding hydrogens is 318 g/mol. The smallest absolute Gasteiger partial charge is 0.249 e. The predicted molar refractivity (Wildman–Crippen MR) is 87.1 cm³/mol. The summed E-state index contributed by atoms with van der Waals surface area (Å²) in [6, 6.07) is 8.93. The Morgan fingerprint density at radius 2 is 2.22 bits per heavy atom. The molecule has 3 rings (SSSR count). The van der Waals surface area contributed by atoms with E-state index in [0.717, 1.165) is 5.76 Å². The van der Waals surface area contributed by atoms with E-state index in [-0.39, 0.29) is 0 Å². The number of nitrogens with zero attached hydrogens (tertiary/aromatic N) is 3. The van der Waals surface area contributed by atoms with Crippen LogP contribution < -0.4 is 15.4 Å². The molecule has 0 unspecified atom stereocenters. The Hall–Kier alpha value is -2.80. The highest BCUT2D eigenvalue weighted by atomic mass is 35.5. The van der Waals surface area contributed by atoms with Crippen LogP contribution in [0, 0.1) is 0 Å². The van der Waals surface area contributed by atoms with Crippen molar-refractivity contribution in [1.29, 1.82) is 0 Å². The van der Waals surface area contributed by atoms with Crippen LogP contribution in [-0.4, -0.2) is 22.3 Å². The van der Waals surface area contributed by atoms with Crippen LogP contribution in [0.1, 0.15) is 5.76 Å². The van der Waals surface area contributed by atoms with E-state index in [4.69, 9.17) is 20.8 Å². The molecular formula is C15H14ClN5O2. The van der Waals surface area contributed by atoms with Crippen molar-refractivity contribution < 1.29 is 9.15 Å². The number of furan rings is 1. The summed E-state index contributed by atoms with van der Waals surface area (Å²) in [6.45, 7) is 0.506. The standard InChI is InChI=1S/C15H14ClN5O2/c1-22-13-5-4-10(16)7-12(13)19-15-20-14(9-18-21-15)17-8-11-3-2-6-23-11/h2-7,9H,8H2,1H3,(H2,17,19,20,21). The molecule has 0 radical (unpaired) electrons. The molecule has 118 valence electrons. The maximum atomic E-state index is 6.00. The zero-order valence-corrected chi connectivity index (χ0v) is 13.0. The van der Waals surface area contributed by atoms with Gasteiger partial charge in [0.2, 0.25) is 5.95 Å². The second kappa shape index (κ2) is 6.97. The average Bonchev–Trinajstić information content (AvgIpc) is 3.07. The van der Waals surface area contributed by atoms with Gasteiger partial charge in [0, 0.05) is 5.02 Å². The Morgan fingerprint density at radius 3 is 3.00 bits per heavy atom. The third-order valence-electron chi connectivity index (χ3n) is 2.99. The molecule has 0 aliphatic carbocycles. The lowest BCUT2D eigenvalue weighted by atomic mass is 10.3. The Labute approximate surface area is 137 Å². The van der Waals surface area contributed by atoms with Crippen LogP contribution in [0.5, 0.6) is 5.75 Å². The van der Waals surface area contributed by atoms with Gasteiger partial charge in [0.15, 0.2) is 5.82 Å². The summed E-state index contributed by atoms with van der Waals surface area (Å²) < 4.78 is 10.5. The van der Waals surface area contributed by atoms with E-state index in [2.05, 4.69) is 25.8 Å². The van der Waals surface area contributed by atoms with Gasteiger partial charge in [0.1, 0.15) is 11.5 Å². The van der Waals surface area contributed by atoms with Crippen molar-refractivity contribution in [3.05, 3.63) is 53.6 Å². The summed E-state index contributed by atoms with van der Waals surface area (Å²) in [6.07, 6.45) is 3.15. The van der Waals surface area contributed by atoms with Gasteiger partial charge in [-0.15, -0.1) is 5.10 Å². The Morgan fingerprint density at radius 1 is 1.30 bits per heavy atom. The largest absolute Gasteiger partial charge is 0.495 e. The molecule has 0 aliphatic rings. The van der Waals surface area contributed by atoms with Gasteiger partial charge in [0.25, 0.3) is 0 Å². The van der Waals surface area contributed by atoms with E-state index in [1.54, 1.807) is 31.6 Å². The number of aromatic nitrogens is 3. The van der Waals surface area contributed by atoms with Crippen LogP contribution in [0.2, 0.25) is 5.02 Å². The summed E-state index contributed by atoms with van der Waals surface area (Å²) >= 11 is 6.00. The lowest BCUT2D eigenvalue weighted by Crippen LogP contribution is -2.05. The molecule has 2 N–H and O–H groups in total. The Kier molecular flexibility index (Phi) is 4.58. The quantitative estimate of drug-likeness (QED) is 0.715. The summed E-state index contributed by atoms with van der Waals surface area (Å²) in [5, 5.41) is 14.6. The molecule has 0 saturated heterocycles. The summed E-state index contributed by atoms with van der Waals surface area (Å²) in [4.78, 5) is 4.34. The van der Waals surface area contributed by atoms with Gasteiger partial charge < -0.3 is 19.8 Å². The van der Waals surface area contributed by atoms with E-state index in [9.17, 15) is 0 Å². The number of rotatable bonds is 6. The van der Waals surface area contributed by atoms with Gasteiger partial charge in [-0.2, -0.15) is 10.1 Å². The van der Waals surface area contributed by atoms with Crippen molar-refractivity contribution in [2.45, 2.75) is 6.54 Å². The number of anilines is 3. The molecule has 3 aromatic rings. The third-order valence-corrected chi connectivity index (χ3v) is 3.23. The fraction of sp³-hybridized carbons (Fsp3) is 0.133. The van der Waals surface area contributed by atoms with Gasteiger partial charge >= 0.3 is 0 Å². The van der Waals surface area contributed by atoms with Gasteiger partial charge in [-0.25, -0.2) is 0 Å². The SMILES string of the molecule is COc1ccc(Cl)cc1Nc1nncc(NCc2ccco2)n1. The first-order valence-electron chi connectivity index (χ1n) is 6.81. The fourth-order valence-electron chi connectivity index (χ4n) is 1.93. The topological polar surface area (TPSA) is 85.1 Å². The number of hydrogen-bond donors (Lipinski definition) is 2. The highest BCUT2D eigenvalue weighted by molar-refractivity contribution is 6.30. The van der Waals surface area contributed by atoms with Crippen molar-refractivity contribution in [3.8, 4) is 5.75 Å². The number of halogens is 1. The number of hydrogen-bond acceptors (Lipinski definition) is 7. The second-order valence-electron chi connectivity index (χ2n) is 4.57. The Balaban J connectivity index is 1.73. The lowest BCUT2D eigenvalue weighted by molar-refractivity contribution is 0.417. The molecule has 0 amide bonds. The molecule has 7 nitrogen and oxygen atoms in total. The normalized spacial score (nSPS) is 10.3.